The summed E-state index contributed by atoms with van der Waals surface area (Å²) >= 11 is 1.38. The summed E-state index contributed by atoms with van der Waals surface area (Å²) in [4.78, 5) is 25.2. The summed E-state index contributed by atoms with van der Waals surface area (Å²) in [5, 5.41) is 7.53. The molecule has 3 aromatic rings. The Balaban J connectivity index is 1.65. The molecule has 0 aliphatic carbocycles. The SMILES string of the molecule is CCCOc1ccccc1NC(=O)c1ccc(NC(=O)c2cccs2)cc1. The Morgan fingerprint density at radius 1 is 0.926 bits per heavy atom. The quantitative estimate of drug-likeness (QED) is 0.603. The molecule has 2 N–H and O–H groups in total. The molecular formula is C21H20N2O3S. The van der Waals surface area contributed by atoms with Gasteiger partial charge in [-0.1, -0.05) is 25.1 Å². The summed E-state index contributed by atoms with van der Waals surface area (Å²) in [5.41, 5.74) is 1.76. The van der Waals surface area contributed by atoms with Crippen molar-refractivity contribution in [2.75, 3.05) is 17.2 Å². The van der Waals surface area contributed by atoms with Gasteiger partial charge in [0.05, 0.1) is 17.2 Å². The molecule has 0 spiro atoms. The zero-order valence-electron chi connectivity index (χ0n) is 14.9. The Morgan fingerprint density at radius 2 is 1.70 bits per heavy atom. The molecule has 138 valence electrons. The molecule has 0 saturated heterocycles. The number of ether oxygens (including phenoxy) is 1. The smallest absolute Gasteiger partial charge is 0.265 e. The van der Waals surface area contributed by atoms with Gasteiger partial charge in [0.25, 0.3) is 11.8 Å². The number of thiophene rings is 1. The van der Waals surface area contributed by atoms with Crippen LogP contribution in [-0.4, -0.2) is 18.4 Å². The standard InChI is InChI=1S/C21H20N2O3S/c1-2-13-26-18-7-4-3-6-17(18)23-20(24)15-9-11-16(12-10-15)22-21(25)19-8-5-14-27-19/h3-12,14H,2,13H2,1H3,(H,22,25)(H,23,24). The first-order chi connectivity index (χ1) is 13.2. The fourth-order valence-electron chi connectivity index (χ4n) is 2.41. The van der Waals surface area contributed by atoms with Crippen LogP contribution in [0.5, 0.6) is 5.75 Å². The number of benzene rings is 2. The van der Waals surface area contributed by atoms with Crippen molar-refractivity contribution in [3.63, 3.8) is 0 Å². The number of hydrogen-bond acceptors (Lipinski definition) is 4. The number of para-hydroxylation sites is 2. The van der Waals surface area contributed by atoms with E-state index in [1.165, 1.54) is 11.3 Å². The molecular weight excluding hydrogens is 360 g/mol. The second-order valence-electron chi connectivity index (χ2n) is 5.81. The van der Waals surface area contributed by atoms with Crippen molar-refractivity contribution >= 4 is 34.5 Å². The lowest BCUT2D eigenvalue weighted by atomic mass is 10.2. The second-order valence-corrected chi connectivity index (χ2v) is 6.76. The minimum Gasteiger partial charge on any atom is -0.491 e. The maximum Gasteiger partial charge on any atom is 0.265 e. The third-order valence-electron chi connectivity index (χ3n) is 3.75. The number of nitrogens with one attached hydrogen (secondary N) is 2. The van der Waals surface area contributed by atoms with E-state index >= 15 is 0 Å². The molecule has 0 fully saturated rings. The summed E-state index contributed by atoms with van der Waals surface area (Å²) in [6.07, 6.45) is 0.890. The van der Waals surface area contributed by atoms with Crippen molar-refractivity contribution in [2.45, 2.75) is 13.3 Å². The van der Waals surface area contributed by atoms with E-state index in [-0.39, 0.29) is 11.8 Å². The van der Waals surface area contributed by atoms with Crippen LogP contribution in [0.1, 0.15) is 33.4 Å². The molecule has 27 heavy (non-hydrogen) atoms. The van der Waals surface area contributed by atoms with Crippen LogP contribution in [0.3, 0.4) is 0 Å². The fourth-order valence-corrected chi connectivity index (χ4v) is 3.03. The van der Waals surface area contributed by atoms with E-state index in [9.17, 15) is 9.59 Å². The highest BCUT2D eigenvalue weighted by atomic mass is 32.1. The molecule has 1 aromatic heterocycles. The van der Waals surface area contributed by atoms with Gasteiger partial charge >= 0.3 is 0 Å². The van der Waals surface area contributed by atoms with Gasteiger partial charge in [-0.05, 0) is 54.3 Å². The molecule has 6 heteroatoms. The number of carbonyl (C=O) groups excluding carboxylic acids is 2. The van der Waals surface area contributed by atoms with E-state index in [0.29, 0.717) is 34.2 Å². The molecule has 0 aliphatic rings. The first kappa shape index (κ1) is 18.7. The molecule has 0 bridgehead atoms. The summed E-state index contributed by atoms with van der Waals surface area (Å²) in [7, 11) is 0. The number of hydrogen-bond donors (Lipinski definition) is 2. The summed E-state index contributed by atoms with van der Waals surface area (Å²) in [6, 6.07) is 17.7. The molecule has 3 rings (SSSR count). The van der Waals surface area contributed by atoms with E-state index in [2.05, 4.69) is 10.6 Å². The molecule has 0 atom stereocenters. The van der Waals surface area contributed by atoms with Crippen molar-refractivity contribution in [2.24, 2.45) is 0 Å². The maximum absolute atomic E-state index is 12.5. The van der Waals surface area contributed by atoms with Crippen LogP contribution in [0.15, 0.2) is 66.0 Å². The predicted octanol–water partition coefficient (Wildman–Crippen LogP) is 5.04. The number of carbonyl (C=O) groups is 2. The molecule has 0 unspecified atom stereocenters. The second kappa shape index (κ2) is 9.00. The van der Waals surface area contributed by atoms with Crippen molar-refractivity contribution in [1.82, 2.24) is 0 Å². The Bertz CT molecular complexity index is 905. The largest absolute Gasteiger partial charge is 0.491 e. The highest BCUT2D eigenvalue weighted by Gasteiger charge is 2.11. The lowest BCUT2D eigenvalue weighted by Crippen LogP contribution is -2.14. The molecule has 2 amide bonds. The average Bonchev–Trinajstić information content (AvgIpc) is 3.23. The summed E-state index contributed by atoms with van der Waals surface area (Å²) in [5.74, 6) is 0.246. The molecule has 0 saturated carbocycles. The van der Waals surface area contributed by atoms with Gasteiger partial charge in [-0.3, -0.25) is 9.59 Å². The highest BCUT2D eigenvalue weighted by molar-refractivity contribution is 7.12. The Labute approximate surface area is 162 Å². The average molecular weight is 380 g/mol. The number of rotatable bonds is 7. The predicted molar refractivity (Wildman–Crippen MR) is 109 cm³/mol. The van der Waals surface area contributed by atoms with Crippen LogP contribution in [-0.2, 0) is 0 Å². The first-order valence-electron chi connectivity index (χ1n) is 8.65. The van der Waals surface area contributed by atoms with Gasteiger partial charge < -0.3 is 15.4 Å². The minimum atomic E-state index is -0.237. The molecule has 1 heterocycles. The van der Waals surface area contributed by atoms with Crippen LogP contribution in [0.4, 0.5) is 11.4 Å². The Kier molecular flexibility index (Phi) is 6.22. The number of anilines is 2. The van der Waals surface area contributed by atoms with Gasteiger partial charge in [0.1, 0.15) is 5.75 Å². The van der Waals surface area contributed by atoms with Gasteiger partial charge in [-0.2, -0.15) is 0 Å². The third-order valence-corrected chi connectivity index (χ3v) is 4.62. The van der Waals surface area contributed by atoms with Crippen LogP contribution >= 0.6 is 11.3 Å². The van der Waals surface area contributed by atoms with Gasteiger partial charge in [-0.15, -0.1) is 11.3 Å². The van der Waals surface area contributed by atoms with Crippen molar-refractivity contribution in [3.8, 4) is 5.75 Å². The Hall–Kier alpha value is -3.12. The molecule has 5 nitrogen and oxygen atoms in total. The van der Waals surface area contributed by atoms with Crippen molar-refractivity contribution < 1.29 is 14.3 Å². The monoisotopic (exact) mass is 380 g/mol. The minimum absolute atomic E-state index is 0.163. The third kappa shape index (κ3) is 4.95. The van der Waals surface area contributed by atoms with Gasteiger partial charge in [0.15, 0.2) is 0 Å². The summed E-state index contributed by atoms with van der Waals surface area (Å²) < 4.78 is 5.66. The van der Waals surface area contributed by atoms with Crippen molar-refractivity contribution in [3.05, 3.63) is 76.5 Å². The van der Waals surface area contributed by atoms with E-state index in [1.807, 2.05) is 36.6 Å². The van der Waals surface area contributed by atoms with E-state index in [1.54, 1.807) is 36.4 Å². The Morgan fingerprint density at radius 3 is 2.41 bits per heavy atom. The lowest BCUT2D eigenvalue weighted by molar-refractivity contribution is 0.102. The lowest BCUT2D eigenvalue weighted by Gasteiger charge is -2.12. The van der Waals surface area contributed by atoms with Crippen LogP contribution in [0.25, 0.3) is 0 Å². The maximum atomic E-state index is 12.5. The van der Waals surface area contributed by atoms with E-state index < -0.39 is 0 Å². The topological polar surface area (TPSA) is 67.4 Å². The molecule has 0 radical (unpaired) electrons. The van der Waals surface area contributed by atoms with Crippen LogP contribution < -0.4 is 15.4 Å². The summed E-state index contributed by atoms with van der Waals surface area (Å²) in [6.45, 7) is 2.62. The molecule has 2 aromatic carbocycles. The van der Waals surface area contributed by atoms with Gasteiger partial charge in [0.2, 0.25) is 0 Å². The zero-order valence-corrected chi connectivity index (χ0v) is 15.7. The van der Waals surface area contributed by atoms with E-state index in [4.69, 9.17) is 4.74 Å². The first-order valence-corrected chi connectivity index (χ1v) is 9.53. The van der Waals surface area contributed by atoms with Crippen LogP contribution in [0, 0.1) is 0 Å². The van der Waals surface area contributed by atoms with E-state index in [0.717, 1.165) is 6.42 Å². The highest BCUT2D eigenvalue weighted by Crippen LogP contribution is 2.24. The van der Waals surface area contributed by atoms with Crippen LogP contribution in [0.2, 0.25) is 0 Å². The normalized spacial score (nSPS) is 10.3. The zero-order chi connectivity index (χ0) is 19.1. The van der Waals surface area contributed by atoms with Gasteiger partial charge in [-0.25, -0.2) is 0 Å². The number of amides is 2. The van der Waals surface area contributed by atoms with Gasteiger partial charge in [0, 0.05) is 11.3 Å². The fraction of sp³-hybridized carbons (Fsp3) is 0.143. The molecule has 0 aliphatic heterocycles. The van der Waals surface area contributed by atoms with Crippen molar-refractivity contribution in [1.29, 1.82) is 0 Å².